The Bertz CT molecular complexity index is 194. The maximum Gasteiger partial charge on any atom is 0.0446 e. The molecule has 0 fully saturated rings. The Balaban J connectivity index is 2.76. The van der Waals surface area contributed by atoms with Crippen LogP contribution in [-0.2, 0) is 0 Å². The third-order valence-electron chi connectivity index (χ3n) is 1.86. The van der Waals surface area contributed by atoms with E-state index < -0.39 is 0 Å². The average molecular weight is 283 g/mol. The van der Waals surface area contributed by atoms with E-state index in [4.69, 9.17) is 11.6 Å². The second kappa shape index (κ2) is 4.51. The fourth-order valence-electron chi connectivity index (χ4n) is 1.21. The van der Waals surface area contributed by atoms with Crippen molar-refractivity contribution in [2.45, 2.75) is 23.7 Å². The van der Waals surface area contributed by atoms with Gasteiger partial charge in [-0.15, -0.1) is 11.6 Å². The van der Waals surface area contributed by atoms with E-state index in [1.54, 1.807) is 0 Å². The summed E-state index contributed by atoms with van der Waals surface area (Å²) in [6, 6.07) is 0. The minimum Gasteiger partial charge on any atom is -0.122 e. The molecule has 0 aromatic rings. The van der Waals surface area contributed by atoms with Crippen molar-refractivity contribution >= 4 is 34.2 Å². The lowest BCUT2D eigenvalue weighted by atomic mass is 10.1. The molecule has 2 heteroatoms. The van der Waals surface area contributed by atoms with E-state index in [0.717, 1.165) is 0 Å². The van der Waals surface area contributed by atoms with Gasteiger partial charge in [0.2, 0.25) is 0 Å². The molecule has 0 N–H and O–H groups in total. The van der Waals surface area contributed by atoms with Crippen molar-refractivity contribution in [3.8, 4) is 0 Å². The lowest BCUT2D eigenvalue weighted by molar-refractivity contribution is 0.881. The SMILES string of the molecule is CC1=CCCC(I)C(CCl)=C1. The van der Waals surface area contributed by atoms with Crippen LogP contribution in [0.15, 0.2) is 23.3 Å². The first-order valence-electron chi connectivity index (χ1n) is 3.81. The van der Waals surface area contributed by atoms with Gasteiger partial charge < -0.3 is 0 Å². The molecule has 0 saturated heterocycles. The second-order valence-corrected chi connectivity index (χ2v) is 4.62. The van der Waals surface area contributed by atoms with E-state index in [-0.39, 0.29) is 0 Å². The lowest BCUT2D eigenvalue weighted by Crippen LogP contribution is -2.01. The molecule has 1 aliphatic carbocycles. The Morgan fingerprint density at radius 3 is 3.09 bits per heavy atom. The minimum atomic E-state index is 0.638. The summed E-state index contributed by atoms with van der Waals surface area (Å²) in [5, 5.41) is 0. The van der Waals surface area contributed by atoms with Gasteiger partial charge >= 0.3 is 0 Å². The Hall–Kier alpha value is 0.500. The van der Waals surface area contributed by atoms with Crippen molar-refractivity contribution in [3.63, 3.8) is 0 Å². The van der Waals surface area contributed by atoms with E-state index in [9.17, 15) is 0 Å². The summed E-state index contributed by atoms with van der Waals surface area (Å²) in [4.78, 5) is 0. The van der Waals surface area contributed by atoms with Gasteiger partial charge in [0.15, 0.2) is 0 Å². The minimum absolute atomic E-state index is 0.638. The summed E-state index contributed by atoms with van der Waals surface area (Å²) in [6.45, 7) is 2.14. The average Bonchev–Trinajstić information content (AvgIpc) is 2.13. The van der Waals surface area contributed by atoms with Gasteiger partial charge in [-0.25, -0.2) is 0 Å². The molecule has 1 aliphatic rings. The molecule has 0 aliphatic heterocycles. The number of hydrogen-bond acceptors (Lipinski definition) is 0. The first-order chi connectivity index (χ1) is 5.24. The van der Waals surface area contributed by atoms with Gasteiger partial charge in [-0.05, 0) is 25.3 Å². The van der Waals surface area contributed by atoms with Gasteiger partial charge in [0, 0.05) is 9.80 Å². The Morgan fingerprint density at radius 1 is 1.73 bits per heavy atom. The number of rotatable bonds is 1. The highest BCUT2D eigenvalue weighted by Gasteiger charge is 2.10. The van der Waals surface area contributed by atoms with Crippen LogP contribution in [0.25, 0.3) is 0 Å². The Morgan fingerprint density at radius 2 is 2.45 bits per heavy atom. The van der Waals surface area contributed by atoms with Crippen LogP contribution in [0.3, 0.4) is 0 Å². The summed E-state index contributed by atoms with van der Waals surface area (Å²) >= 11 is 8.28. The zero-order chi connectivity index (χ0) is 8.27. The fourth-order valence-corrected chi connectivity index (χ4v) is 2.49. The quantitative estimate of drug-likeness (QED) is 0.508. The van der Waals surface area contributed by atoms with Crippen molar-refractivity contribution in [2.24, 2.45) is 0 Å². The highest BCUT2D eigenvalue weighted by Crippen LogP contribution is 2.24. The monoisotopic (exact) mass is 282 g/mol. The molecule has 0 aromatic heterocycles. The van der Waals surface area contributed by atoms with E-state index in [1.165, 1.54) is 24.0 Å². The number of halogens is 2. The van der Waals surface area contributed by atoms with Crippen LogP contribution in [0.2, 0.25) is 0 Å². The van der Waals surface area contributed by atoms with Crippen molar-refractivity contribution in [2.75, 3.05) is 5.88 Å². The van der Waals surface area contributed by atoms with Crippen LogP contribution < -0.4 is 0 Å². The molecule has 0 amide bonds. The summed E-state index contributed by atoms with van der Waals surface area (Å²) in [7, 11) is 0. The third-order valence-corrected chi connectivity index (χ3v) is 3.59. The summed E-state index contributed by atoms with van der Waals surface area (Å²) in [5.74, 6) is 0.679. The molecule has 0 heterocycles. The van der Waals surface area contributed by atoms with Crippen molar-refractivity contribution < 1.29 is 0 Å². The normalized spacial score (nSPS) is 25.5. The van der Waals surface area contributed by atoms with E-state index in [1.807, 2.05) is 0 Å². The molecule has 0 bridgehead atoms. The van der Waals surface area contributed by atoms with Gasteiger partial charge in [0.1, 0.15) is 0 Å². The first-order valence-corrected chi connectivity index (χ1v) is 5.59. The number of hydrogen-bond donors (Lipinski definition) is 0. The van der Waals surface area contributed by atoms with E-state index >= 15 is 0 Å². The molecule has 0 nitrogen and oxygen atoms in total. The standard InChI is InChI=1S/C9H12ClI/c1-7-3-2-4-9(11)8(5-7)6-10/h3,5,9H,2,4,6H2,1H3. The Labute approximate surface area is 86.8 Å². The van der Waals surface area contributed by atoms with Gasteiger partial charge in [-0.1, -0.05) is 40.3 Å². The maximum absolute atomic E-state index is 5.81. The molecule has 1 rings (SSSR count). The molecule has 1 unspecified atom stereocenters. The molecule has 0 aromatic carbocycles. The molecule has 0 radical (unpaired) electrons. The van der Waals surface area contributed by atoms with Crippen molar-refractivity contribution in [3.05, 3.63) is 23.3 Å². The smallest absolute Gasteiger partial charge is 0.0446 e. The van der Waals surface area contributed by atoms with Crippen molar-refractivity contribution in [1.29, 1.82) is 0 Å². The molecular formula is C9H12ClI. The molecule has 62 valence electrons. The van der Waals surface area contributed by atoms with Crippen LogP contribution in [-0.4, -0.2) is 9.80 Å². The van der Waals surface area contributed by atoms with E-state index in [2.05, 4.69) is 41.7 Å². The molecule has 11 heavy (non-hydrogen) atoms. The van der Waals surface area contributed by atoms with Crippen LogP contribution in [0.4, 0.5) is 0 Å². The predicted molar refractivity (Wildman–Crippen MR) is 59.6 cm³/mol. The highest BCUT2D eigenvalue weighted by atomic mass is 127. The van der Waals surface area contributed by atoms with Crippen LogP contribution in [0.5, 0.6) is 0 Å². The topological polar surface area (TPSA) is 0 Å². The maximum atomic E-state index is 5.81. The number of allylic oxidation sites excluding steroid dienone is 4. The fraction of sp³-hybridized carbons (Fsp3) is 0.556. The van der Waals surface area contributed by atoms with Crippen LogP contribution in [0.1, 0.15) is 19.8 Å². The van der Waals surface area contributed by atoms with Gasteiger partial charge in [0.25, 0.3) is 0 Å². The first kappa shape index (κ1) is 9.59. The lowest BCUT2D eigenvalue weighted by Gasteiger charge is -2.08. The molecule has 0 spiro atoms. The largest absolute Gasteiger partial charge is 0.122 e. The summed E-state index contributed by atoms with van der Waals surface area (Å²) in [5.41, 5.74) is 2.73. The van der Waals surface area contributed by atoms with Crippen molar-refractivity contribution in [1.82, 2.24) is 0 Å². The van der Waals surface area contributed by atoms with Gasteiger partial charge in [-0.2, -0.15) is 0 Å². The van der Waals surface area contributed by atoms with Gasteiger partial charge in [-0.3, -0.25) is 0 Å². The van der Waals surface area contributed by atoms with Gasteiger partial charge in [0.05, 0.1) is 0 Å². The molecule has 0 saturated carbocycles. The Kier molecular flexibility index (Phi) is 3.93. The zero-order valence-electron chi connectivity index (χ0n) is 6.61. The molecular weight excluding hydrogens is 270 g/mol. The second-order valence-electron chi connectivity index (χ2n) is 2.85. The van der Waals surface area contributed by atoms with E-state index in [0.29, 0.717) is 9.80 Å². The number of alkyl halides is 2. The van der Waals surface area contributed by atoms with Crippen LogP contribution >= 0.6 is 34.2 Å². The zero-order valence-corrected chi connectivity index (χ0v) is 9.52. The third kappa shape index (κ3) is 2.79. The predicted octanol–water partition coefficient (Wildman–Crippen LogP) is 3.70. The molecule has 1 atom stereocenters. The van der Waals surface area contributed by atoms with Crippen LogP contribution in [0, 0.1) is 0 Å². The highest BCUT2D eigenvalue weighted by molar-refractivity contribution is 14.1. The summed E-state index contributed by atoms with van der Waals surface area (Å²) in [6.07, 6.45) is 6.93. The summed E-state index contributed by atoms with van der Waals surface area (Å²) < 4.78 is 0.638.